The lowest BCUT2D eigenvalue weighted by molar-refractivity contribution is -0.137. The number of nitrogens with one attached hydrogen (secondary N) is 1. The van der Waals surface area contributed by atoms with E-state index >= 15 is 0 Å². The molecule has 10 heteroatoms. The largest absolute Gasteiger partial charge is 0.483 e. The maximum absolute atomic E-state index is 12.8. The van der Waals surface area contributed by atoms with Crippen LogP contribution in [-0.4, -0.2) is 25.9 Å². The molecule has 0 bridgehead atoms. The monoisotopic (exact) mass is 534 g/mol. The molecule has 3 rings (SSSR count). The van der Waals surface area contributed by atoms with Gasteiger partial charge in [-0.1, -0.05) is 51.6 Å². The molecule has 0 aliphatic carbocycles. The van der Waals surface area contributed by atoms with Gasteiger partial charge in [0.1, 0.15) is 5.75 Å². The number of ether oxygens (including phenoxy) is 1. The Balaban J connectivity index is 1.71. The molecule has 2 aromatic carbocycles. The van der Waals surface area contributed by atoms with Crippen molar-refractivity contribution in [2.75, 3.05) is 5.32 Å². The second kappa shape index (κ2) is 12.0. The number of nitrogens with zero attached hydrogens (tertiary/aromatic N) is 3. The van der Waals surface area contributed by atoms with Crippen LogP contribution in [0.5, 0.6) is 5.75 Å². The fourth-order valence-corrected chi connectivity index (χ4v) is 4.48. The summed E-state index contributed by atoms with van der Waals surface area (Å²) in [6.45, 7) is 12.7. The Morgan fingerprint density at radius 3 is 2.14 bits per heavy atom. The van der Waals surface area contributed by atoms with Gasteiger partial charge in [0, 0.05) is 12.2 Å². The van der Waals surface area contributed by atoms with Crippen LogP contribution in [0.2, 0.25) is 0 Å². The van der Waals surface area contributed by atoms with Crippen molar-refractivity contribution in [1.29, 1.82) is 0 Å². The fourth-order valence-electron chi connectivity index (χ4n) is 3.61. The Hall–Kier alpha value is -3.01. The number of carbonyl (C=O) groups excluding carboxylic acids is 1. The number of carbonyl (C=O) groups is 1. The molecule has 0 saturated heterocycles. The van der Waals surface area contributed by atoms with Crippen LogP contribution in [-0.2, 0) is 17.5 Å². The predicted octanol–water partition coefficient (Wildman–Crippen LogP) is 7.34. The van der Waals surface area contributed by atoms with Gasteiger partial charge in [-0.15, -0.1) is 10.2 Å². The number of thioether (sulfide) groups is 1. The minimum absolute atomic E-state index is 0.292. The van der Waals surface area contributed by atoms with Crippen molar-refractivity contribution in [2.24, 2.45) is 5.92 Å². The Morgan fingerprint density at radius 2 is 1.59 bits per heavy atom. The zero-order valence-electron chi connectivity index (χ0n) is 21.8. The summed E-state index contributed by atoms with van der Waals surface area (Å²) in [4.78, 5) is 12.8. The lowest BCUT2D eigenvalue weighted by Gasteiger charge is -2.19. The number of aromatic nitrogens is 3. The van der Waals surface area contributed by atoms with Gasteiger partial charge >= 0.3 is 6.18 Å². The third kappa shape index (κ3) is 7.74. The molecule has 0 aliphatic heterocycles. The van der Waals surface area contributed by atoms with E-state index < -0.39 is 17.0 Å². The van der Waals surface area contributed by atoms with Crippen molar-refractivity contribution in [3.05, 3.63) is 65.5 Å². The average molecular weight is 535 g/mol. The van der Waals surface area contributed by atoms with Gasteiger partial charge in [0.25, 0.3) is 0 Å². The number of halogens is 3. The summed E-state index contributed by atoms with van der Waals surface area (Å²) >= 11 is 1.24. The van der Waals surface area contributed by atoms with Crippen molar-refractivity contribution in [1.82, 2.24) is 14.8 Å². The molecule has 2 unspecified atom stereocenters. The van der Waals surface area contributed by atoms with Gasteiger partial charge in [0.2, 0.25) is 5.91 Å². The molecule has 6 nitrogen and oxygen atoms in total. The summed E-state index contributed by atoms with van der Waals surface area (Å²) in [5.41, 5.74) is 0.750. The maximum Gasteiger partial charge on any atom is 0.416 e. The van der Waals surface area contributed by atoms with Crippen LogP contribution in [0, 0.1) is 5.92 Å². The van der Waals surface area contributed by atoms with Gasteiger partial charge in [-0.3, -0.25) is 4.79 Å². The molecule has 37 heavy (non-hydrogen) atoms. The first-order chi connectivity index (χ1) is 17.3. The first-order valence-corrected chi connectivity index (χ1v) is 13.1. The molecule has 0 spiro atoms. The SMILES string of the molecule is CC(C)Cn1c(SC(C)C(=O)Nc2ccc(C(F)(F)F)cc2)nnc1C(C)Oc1ccc(C(C)C)cc1. The topological polar surface area (TPSA) is 69.0 Å². The highest BCUT2D eigenvalue weighted by molar-refractivity contribution is 8.00. The third-order valence-corrected chi connectivity index (χ3v) is 6.73. The molecule has 1 N–H and O–H groups in total. The van der Waals surface area contributed by atoms with Crippen LogP contribution >= 0.6 is 11.8 Å². The summed E-state index contributed by atoms with van der Waals surface area (Å²) in [5.74, 6) is 1.76. The Morgan fingerprint density at radius 1 is 0.973 bits per heavy atom. The summed E-state index contributed by atoms with van der Waals surface area (Å²) < 4.78 is 46.5. The standard InChI is InChI=1S/C27H33F3N4O2S/c1-16(2)15-34-24(18(5)36-23-13-7-20(8-14-23)17(3)4)32-33-26(34)37-19(6)25(35)31-22-11-9-21(10-12-22)27(28,29)30/h7-14,16-19H,15H2,1-6H3,(H,31,35). The van der Waals surface area contributed by atoms with E-state index in [-0.39, 0.29) is 12.0 Å². The second-order valence-corrected chi connectivity index (χ2v) is 11.0. The minimum Gasteiger partial charge on any atom is -0.483 e. The number of alkyl halides is 3. The lowest BCUT2D eigenvalue weighted by atomic mass is 10.0. The smallest absolute Gasteiger partial charge is 0.416 e. The van der Waals surface area contributed by atoms with Crippen molar-refractivity contribution >= 4 is 23.4 Å². The highest BCUT2D eigenvalue weighted by atomic mass is 32.2. The van der Waals surface area contributed by atoms with Crippen LogP contribution in [0.3, 0.4) is 0 Å². The van der Waals surface area contributed by atoms with Crippen LogP contribution in [0.4, 0.5) is 18.9 Å². The van der Waals surface area contributed by atoms with Crippen molar-refractivity contribution in [3.63, 3.8) is 0 Å². The van der Waals surface area contributed by atoms with Gasteiger partial charge in [-0.25, -0.2) is 0 Å². The van der Waals surface area contributed by atoms with E-state index in [0.717, 1.165) is 17.9 Å². The molecular formula is C27H33F3N4O2S. The summed E-state index contributed by atoms with van der Waals surface area (Å²) in [7, 11) is 0. The first kappa shape index (κ1) is 28.6. The highest BCUT2D eigenvalue weighted by Gasteiger charge is 2.30. The van der Waals surface area contributed by atoms with Crippen LogP contribution < -0.4 is 10.1 Å². The number of hydrogen-bond acceptors (Lipinski definition) is 5. The number of hydrogen-bond donors (Lipinski definition) is 1. The minimum atomic E-state index is -4.43. The molecule has 3 aromatic rings. The maximum atomic E-state index is 12.8. The molecule has 0 saturated carbocycles. The van der Waals surface area contributed by atoms with E-state index in [1.165, 1.54) is 29.5 Å². The van der Waals surface area contributed by atoms with Gasteiger partial charge in [0.15, 0.2) is 17.1 Å². The van der Waals surface area contributed by atoms with Crippen molar-refractivity contribution in [2.45, 2.75) is 76.7 Å². The van der Waals surface area contributed by atoms with Crippen LogP contribution in [0.15, 0.2) is 53.7 Å². The summed E-state index contributed by atoms with van der Waals surface area (Å²) in [6, 6.07) is 12.3. The molecule has 1 amide bonds. The molecule has 0 radical (unpaired) electrons. The van der Waals surface area contributed by atoms with E-state index in [9.17, 15) is 18.0 Å². The number of anilines is 1. The van der Waals surface area contributed by atoms with Gasteiger partial charge in [-0.05, 0) is 67.6 Å². The average Bonchev–Trinajstić information content (AvgIpc) is 3.20. The molecule has 200 valence electrons. The van der Waals surface area contributed by atoms with E-state index in [2.05, 4.69) is 43.2 Å². The molecular weight excluding hydrogens is 501 g/mol. The van der Waals surface area contributed by atoms with E-state index in [0.29, 0.717) is 35.0 Å². The molecule has 0 fully saturated rings. The Kier molecular flexibility index (Phi) is 9.28. The molecule has 2 atom stereocenters. The lowest BCUT2D eigenvalue weighted by Crippen LogP contribution is -2.23. The second-order valence-electron chi connectivity index (χ2n) is 9.65. The highest BCUT2D eigenvalue weighted by Crippen LogP contribution is 2.31. The van der Waals surface area contributed by atoms with E-state index in [1.54, 1.807) is 6.92 Å². The third-order valence-electron chi connectivity index (χ3n) is 5.65. The fraction of sp³-hybridized carbons (Fsp3) is 0.444. The van der Waals surface area contributed by atoms with E-state index in [1.807, 2.05) is 35.8 Å². The molecule has 0 aliphatic rings. The molecule has 1 heterocycles. The Labute approximate surface area is 220 Å². The quantitative estimate of drug-likeness (QED) is 0.276. The van der Waals surface area contributed by atoms with E-state index in [4.69, 9.17) is 4.74 Å². The number of rotatable bonds is 10. The number of amides is 1. The van der Waals surface area contributed by atoms with Gasteiger partial charge in [0.05, 0.1) is 10.8 Å². The zero-order chi connectivity index (χ0) is 27.3. The normalized spacial score (nSPS) is 13.6. The zero-order valence-corrected chi connectivity index (χ0v) is 22.7. The van der Waals surface area contributed by atoms with Gasteiger partial charge in [-0.2, -0.15) is 13.2 Å². The number of benzene rings is 2. The summed E-state index contributed by atoms with van der Waals surface area (Å²) in [5, 5.41) is 11.4. The van der Waals surface area contributed by atoms with Crippen molar-refractivity contribution in [3.8, 4) is 5.75 Å². The Bertz CT molecular complexity index is 1180. The van der Waals surface area contributed by atoms with Crippen LogP contribution in [0.25, 0.3) is 0 Å². The van der Waals surface area contributed by atoms with Gasteiger partial charge < -0.3 is 14.6 Å². The van der Waals surface area contributed by atoms with Crippen molar-refractivity contribution < 1.29 is 22.7 Å². The predicted molar refractivity (Wildman–Crippen MR) is 140 cm³/mol. The first-order valence-electron chi connectivity index (χ1n) is 12.2. The summed E-state index contributed by atoms with van der Waals surface area (Å²) in [6.07, 6.45) is -4.80. The van der Waals surface area contributed by atoms with Crippen LogP contribution in [0.1, 0.15) is 70.5 Å². The molecule has 1 aromatic heterocycles.